The van der Waals surface area contributed by atoms with Gasteiger partial charge in [0, 0.05) is 31.8 Å². The Morgan fingerprint density at radius 2 is 2.08 bits per heavy atom. The summed E-state index contributed by atoms with van der Waals surface area (Å²) in [6.07, 6.45) is 2.58. The van der Waals surface area contributed by atoms with E-state index in [4.69, 9.17) is 19.2 Å². The highest BCUT2D eigenvalue weighted by atomic mass is 16.5. The zero-order valence-corrected chi connectivity index (χ0v) is 15.9. The molecule has 2 unspecified atom stereocenters. The molecule has 1 aromatic carbocycles. The van der Waals surface area contributed by atoms with E-state index in [1.165, 1.54) is 0 Å². The number of ether oxygens (including phenoxy) is 3. The van der Waals surface area contributed by atoms with Crippen LogP contribution in [0.15, 0.2) is 29.3 Å². The highest BCUT2D eigenvalue weighted by Crippen LogP contribution is 2.22. The normalized spacial score (nSPS) is 23.9. The average Bonchev–Trinajstić information content (AvgIpc) is 3.21. The molecular formula is C20H31N3O3. The number of nitrogens with zero attached hydrogens (tertiary/aromatic N) is 2. The van der Waals surface area contributed by atoms with Crippen LogP contribution in [0.1, 0.15) is 32.3 Å². The third-order valence-electron chi connectivity index (χ3n) is 4.78. The van der Waals surface area contributed by atoms with Crippen LogP contribution in [0.25, 0.3) is 0 Å². The van der Waals surface area contributed by atoms with Gasteiger partial charge in [-0.25, -0.2) is 4.99 Å². The van der Waals surface area contributed by atoms with Gasteiger partial charge in [0.05, 0.1) is 25.9 Å². The number of guanidine groups is 1. The molecule has 0 aromatic heterocycles. The highest BCUT2D eigenvalue weighted by Gasteiger charge is 2.32. The van der Waals surface area contributed by atoms with Gasteiger partial charge >= 0.3 is 0 Å². The van der Waals surface area contributed by atoms with Gasteiger partial charge in [0.2, 0.25) is 0 Å². The average molecular weight is 361 g/mol. The van der Waals surface area contributed by atoms with Crippen LogP contribution in [-0.4, -0.2) is 62.5 Å². The summed E-state index contributed by atoms with van der Waals surface area (Å²) in [5, 5.41) is 3.42. The first-order chi connectivity index (χ1) is 12.8. The third-order valence-corrected chi connectivity index (χ3v) is 4.78. The maximum atomic E-state index is 5.96. The molecule has 1 N–H and O–H groups in total. The number of para-hydroxylation sites is 1. The second-order valence-corrected chi connectivity index (χ2v) is 6.62. The standard InChI is InChI=1S/C20H31N3O3/c1-3-21-20(22-14-16-8-5-6-9-17(16)24-4-2)23-11-13-26-19(15-23)18-10-7-12-25-18/h5-6,8-9,18-19H,3-4,7,10-15H2,1-2H3,(H,21,22). The van der Waals surface area contributed by atoms with Gasteiger partial charge in [-0.3, -0.25) is 0 Å². The Balaban J connectivity index is 1.68. The minimum atomic E-state index is 0.130. The van der Waals surface area contributed by atoms with Gasteiger partial charge in [-0.2, -0.15) is 0 Å². The van der Waals surface area contributed by atoms with Gasteiger partial charge in [-0.05, 0) is 32.8 Å². The lowest BCUT2D eigenvalue weighted by atomic mass is 10.1. The van der Waals surface area contributed by atoms with Crippen molar-refractivity contribution >= 4 is 5.96 Å². The Hall–Kier alpha value is -1.79. The van der Waals surface area contributed by atoms with Crippen molar-refractivity contribution in [1.29, 1.82) is 0 Å². The number of rotatable bonds is 6. The van der Waals surface area contributed by atoms with Crippen LogP contribution in [-0.2, 0) is 16.0 Å². The molecule has 0 aliphatic carbocycles. The van der Waals surface area contributed by atoms with E-state index in [1.54, 1.807) is 0 Å². The molecule has 3 rings (SSSR count). The van der Waals surface area contributed by atoms with Crippen LogP contribution in [0.4, 0.5) is 0 Å². The monoisotopic (exact) mass is 361 g/mol. The lowest BCUT2D eigenvalue weighted by molar-refractivity contribution is -0.0817. The third kappa shape index (κ3) is 4.89. The predicted octanol–water partition coefficient (Wildman–Crippen LogP) is 2.43. The predicted molar refractivity (Wildman–Crippen MR) is 103 cm³/mol. The molecule has 2 atom stereocenters. The highest BCUT2D eigenvalue weighted by molar-refractivity contribution is 5.80. The maximum absolute atomic E-state index is 5.96. The fourth-order valence-corrected chi connectivity index (χ4v) is 3.51. The number of hydrogen-bond donors (Lipinski definition) is 1. The van der Waals surface area contributed by atoms with Crippen molar-refractivity contribution in [2.75, 3.05) is 39.5 Å². The summed E-state index contributed by atoms with van der Waals surface area (Å²) in [5.41, 5.74) is 1.11. The Morgan fingerprint density at radius 3 is 2.85 bits per heavy atom. The molecular weight excluding hydrogens is 330 g/mol. The molecule has 0 spiro atoms. The first-order valence-electron chi connectivity index (χ1n) is 9.79. The molecule has 0 amide bonds. The molecule has 2 fully saturated rings. The summed E-state index contributed by atoms with van der Waals surface area (Å²) in [4.78, 5) is 7.16. The van der Waals surface area contributed by atoms with Gasteiger partial charge in [0.1, 0.15) is 11.9 Å². The largest absolute Gasteiger partial charge is 0.494 e. The van der Waals surface area contributed by atoms with E-state index in [9.17, 15) is 0 Å². The molecule has 144 valence electrons. The van der Waals surface area contributed by atoms with Crippen molar-refractivity contribution in [2.45, 2.75) is 45.4 Å². The molecule has 26 heavy (non-hydrogen) atoms. The van der Waals surface area contributed by atoms with Gasteiger partial charge in [-0.1, -0.05) is 18.2 Å². The Bertz CT molecular complexity index is 587. The summed E-state index contributed by atoms with van der Waals surface area (Å²) in [6, 6.07) is 8.11. The fraction of sp³-hybridized carbons (Fsp3) is 0.650. The molecule has 6 heteroatoms. The van der Waals surface area contributed by atoms with E-state index in [0.717, 1.165) is 56.4 Å². The SMILES string of the molecule is CCNC(=NCc1ccccc1OCC)N1CCOC(C2CCCO2)C1. The van der Waals surface area contributed by atoms with Crippen molar-refractivity contribution in [3.63, 3.8) is 0 Å². The first-order valence-corrected chi connectivity index (χ1v) is 9.79. The number of morpholine rings is 1. The molecule has 2 saturated heterocycles. The zero-order valence-electron chi connectivity index (χ0n) is 15.9. The molecule has 2 aliphatic rings. The Kier molecular flexibility index (Phi) is 7.14. The minimum Gasteiger partial charge on any atom is -0.494 e. The van der Waals surface area contributed by atoms with Gasteiger partial charge in [0.15, 0.2) is 5.96 Å². The van der Waals surface area contributed by atoms with Crippen molar-refractivity contribution < 1.29 is 14.2 Å². The summed E-state index contributed by atoms with van der Waals surface area (Å²) in [5.74, 6) is 1.85. The smallest absolute Gasteiger partial charge is 0.194 e. The van der Waals surface area contributed by atoms with Gasteiger partial charge in [0.25, 0.3) is 0 Å². The molecule has 0 bridgehead atoms. The van der Waals surface area contributed by atoms with Gasteiger partial charge in [-0.15, -0.1) is 0 Å². The van der Waals surface area contributed by atoms with Crippen molar-refractivity contribution in [3.8, 4) is 5.75 Å². The second kappa shape index (κ2) is 9.78. The Labute approximate surface area is 156 Å². The first kappa shape index (κ1) is 19.0. The van der Waals surface area contributed by atoms with Crippen LogP contribution in [0, 0.1) is 0 Å². The number of nitrogens with one attached hydrogen (secondary N) is 1. The summed E-state index contributed by atoms with van der Waals surface area (Å²) in [6.45, 7) is 9.44. The summed E-state index contributed by atoms with van der Waals surface area (Å²) < 4.78 is 17.5. The lowest BCUT2D eigenvalue weighted by Crippen LogP contribution is -2.53. The van der Waals surface area contributed by atoms with E-state index in [2.05, 4.69) is 23.2 Å². The number of hydrogen-bond acceptors (Lipinski definition) is 4. The van der Waals surface area contributed by atoms with Crippen LogP contribution in [0.2, 0.25) is 0 Å². The van der Waals surface area contributed by atoms with Crippen molar-refractivity contribution in [1.82, 2.24) is 10.2 Å². The molecule has 0 radical (unpaired) electrons. The quantitative estimate of drug-likeness (QED) is 0.623. The number of aliphatic imine (C=N–C) groups is 1. The molecule has 0 saturated carbocycles. The van der Waals surface area contributed by atoms with Gasteiger partial charge < -0.3 is 24.4 Å². The Morgan fingerprint density at radius 1 is 1.23 bits per heavy atom. The van der Waals surface area contributed by atoms with E-state index in [0.29, 0.717) is 19.8 Å². The summed E-state index contributed by atoms with van der Waals surface area (Å²) in [7, 11) is 0. The van der Waals surface area contributed by atoms with E-state index in [1.807, 2.05) is 25.1 Å². The van der Waals surface area contributed by atoms with E-state index in [-0.39, 0.29) is 12.2 Å². The van der Waals surface area contributed by atoms with Crippen LogP contribution >= 0.6 is 0 Å². The topological polar surface area (TPSA) is 55.3 Å². The van der Waals surface area contributed by atoms with Crippen molar-refractivity contribution in [2.24, 2.45) is 4.99 Å². The van der Waals surface area contributed by atoms with Crippen molar-refractivity contribution in [3.05, 3.63) is 29.8 Å². The second-order valence-electron chi connectivity index (χ2n) is 6.62. The molecule has 6 nitrogen and oxygen atoms in total. The molecule has 1 aromatic rings. The minimum absolute atomic E-state index is 0.130. The maximum Gasteiger partial charge on any atom is 0.194 e. The molecule has 2 aliphatic heterocycles. The van der Waals surface area contributed by atoms with E-state index >= 15 is 0 Å². The summed E-state index contributed by atoms with van der Waals surface area (Å²) >= 11 is 0. The van der Waals surface area contributed by atoms with Crippen LogP contribution in [0.5, 0.6) is 5.75 Å². The lowest BCUT2D eigenvalue weighted by Gasteiger charge is -2.37. The molecule has 2 heterocycles. The number of benzene rings is 1. The van der Waals surface area contributed by atoms with Crippen LogP contribution < -0.4 is 10.1 Å². The fourth-order valence-electron chi connectivity index (χ4n) is 3.51. The van der Waals surface area contributed by atoms with Crippen LogP contribution in [0.3, 0.4) is 0 Å². The van der Waals surface area contributed by atoms with E-state index < -0.39 is 0 Å². The zero-order chi connectivity index (χ0) is 18.2.